The average Bonchev–Trinajstić information content (AvgIpc) is 2.38. The number of allylic oxidation sites excluding steroid dienone is 1. The van der Waals surface area contributed by atoms with Crippen LogP contribution in [-0.2, 0) is 0 Å². The number of hydrogen-bond acceptors (Lipinski definition) is 2. The van der Waals surface area contributed by atoms with Crippen molar-refractivity contribution in [2.45, 2.75) is 44.6 Å². The minimum absolute atomic E-state index is 1.29. The lowest BCUT2D eigenvalue weighted by molar-refractivity contribution is 0.262. The lowest BCUT2D eigenvalue weighted by atomic mass is 10.1. The Hall–Kier alpha value is -0.443. The summed E-state index contributed by atoms with van der Waals surface area (Å²) in [5.74, 6) is 0. The molecule has 2 aliphatic rings. The topological polar surface area (TPSA) is 6.48 Å². The second kappa shape index (κ2) is 6.33. The van der Waals surface area contributed by atoms with Crippen LogP contribution in [0.25, 0.3) is 0 Å². The fourth-order valence-corrected chi connectivity index (χ4v) is 3.47. The highest BCUT2D eigenvalue weighted by molar-refractivity contribution is 6.10. The van der Waals surface area contributed by atoms with Gasteiger partial charge in [0.1, 0.15) is 0 Å². The van der Waals surface area contributed by atoms with Crippen LogP contribution >= 0.6 is 0 Å². The van der Waals surface area contributed by atoms with E-state index in [2.05, 4.69) is 16.0 Å². The fourth-order valence-electron chi connectivity index (χ4n) is 2.84. The SMILES string of the molecule is [SiH3]CC(=CN1CCCCC1)N1CCCCC1. The third kappa shape index (κ3) is 3.27. The van der Waals surface area contributed by atoms with Gasteiger partial charge in [-0.3, -0.25) is 0 Å². The van der Waals surface area contributed by atoms with Gasteiger partial charge in [-0.1, -0.05) is 0 Å². The third-order valence-electron chi connectivity index (χ3n) is 3.85. The van der Waals surface area contributed by atoms with E-state index in [0.29, 0.717) is 0 Å². The number of likely N-dealkylation sites (tertiary alicyclic amines) is 2. The molecule has 0 atom stereocenters. The Balaban J connectivity index is 1.93. The normalized spacial score (nSPS) is 23.9. The van der Waals surface area contributed by atoms with Crippen molar-refractivity contribution in [1.82, 2.24) is 9.80 Å². The molecule has 0 bridgehead atoms. The number of hydrogen-bond donors (Lipinski definition) is 0. The van der Waals surface area contributed by atoms with Crippen LogP contribution in [0.5, 0.6) is 0 Å². The summed E-state index contributed by atoms with van der Waals surface area (Å²) in [6.07, 6.45) is 10.9. The molecule has 2 fully saturated rings. The quantitative estimate of drug-likeness (QED) is 0.689. The van der Waals surface area contributed by atoms with Gasteiger partial charge in [-0.15, -0.1) is 0 Å². The molecule has 0 saturated carbocycles. The van der Waals surface area contributed by atoms with Crippen LogP contribution in [-0.4, -0.2) is 46.2 Å². The second-order valence-corrected chi connectivity index (χ2v) is 5.83. The van der Waals surface area contributed by atoms with Crippen molar-refractivity contribution >= 4 is 10.2 Å². The average molecular weight is 238 g/mol. The molecule has 0 aromatic rings. The van der Waals surface area contributed by atoms with E-state index < -0.39 is 0 Å². The maximum atomic E-state index is 2.64. The first-order valence-electron chi connectivity index (χ1n) is 7.10. The van der Waals surface area contributed by atoms with Gasteiger partial charge in [0.2, 0.25) is 0 Å². The molecule has 0 amide bonds. The van der Waals surface area contributed by atoms with E-state index in [4.69, 9.17) is 0 Å². The van der Waals surface area contributed by atoms with Crippen molar-refractivity contribution in [3.05, 3.63) is 11.9 Å². The van der Waals surface area contributed by atoms with Crippen LogP contribution in [0.4, 0.5) is 0 Å². The molecule has 3 heteroatoms. The highest BCUT2D eigenvalue weighted by atomic mass is 28.1. The summed E-state index contributed by atoms with van der Waals surface area (Å²) < 4.78 is 0. The van der Waals surface area contributed by atoms with Gasteiger partial charge in [-0.2, -0.15) is 0 Å². The molecule has 2 nitrogen and oxygen atoms in total. The number of piperidine rings is 2. The lowest BCUT2D eigenvalue weighted by Gasteiger charge is -2.33. The predicted molar refractivity (Wildman–Crippen MR) is 73.7 cm³/mol. The zero-order chi connectivity index (χ0) is 11.2. The first kappa shape index (κ1) is 12.0. The van der Waals surface area contributed by atoms with E-state index in [9.17, 15) is 0 Å². The Labute approximate surface area is 103 Å². The highest BCUT2D eigenvalue weighted by Gasteiger charge is 2.14. The maximum Gasteiger partial charge on any atom is 0.0258 e. The zero-order valence-electron chi connectivity index (χ0n) is 10.7. The van der Waals surface area contributed by atoms with Gasteiger partial charge in [0.25, 0.3) is 0 Å². The van der Waals surface area contributed by atoms with E-state index >= 15 is 0 Å². The molecule has 0 unspecified atom stereocenters. The standard InChI is InChI=1S/C13H26N2Si/c16-12-13(15-9-5-2-6-10-15)11-14-7-3-1-4-8-14/h11H,1-10,12H2,16H3. The van der Waals surface area contributed by atoms with Crippen LogP contribution < -0.4 is 0 Å². The minimum atomic E-state index is 1.29. The molecule has 0 N–H and O–H groups in total. The molecule has 0 aromatic carbocycles. The van der Waals surface area contributed by atoms with Crippen molar-refractivity contribution in [2.75, 3.05) is 26.2 Å². The van der Waals surface area contributed by atoms with Gasteiger partial charge in [0.05, 0.1) is 0 Å². The fraction of sp³-hybridized carbons (Fsp3) is 0.846. The molecule has 2 aliphatic heterocycles. The smallest absolute Gasteiger partial charge is 0.0258 e. The van der Waals surface area contributed by atoms with Gasteiger partial charge in [0, 0.05) is 48.3 Å². The van der Waals surface area contributed by atoms with Crippen LogP contribution in [0.2, 0.25) is 6.04 Å². The maximum absolute atomic E-state index is 2.64. The summed E-state index contributed by atoms with van der Waals surface area (Å²) in [5.41, 5.74) is 1.63. The van der Waals surface area contributed by atoms with E-state index in [1.165, 1.54) is 81.0 Å². The zero-order valence-corrected chi connectivity index (χ0v) is 12.7. The van der Waals surface area contributed by atoms with E-state index in [0.717, 1.165) is 0 Å². The van der Waals surface area contributed by atoms with Gasteiger partial charge < -0.3 is 9.80 Å². The van der Waals surface area contributed by atoms with Gasteiger partial charge in [0.15, 0.2) is 0 Å². The van der Waals surface area contributed by atoms with Crippen molar-refractivity contribution in [3.63, 3.8) is 0 Å². The summed E-state index contributed by atoms with van der Waals surface area (Å²) in [5, 5.41) is 0. The Morgan fingerprint density at radius 3 is 2.00 bits per heavy atom. The van der Waals surface area contributed by atoms with Gasteiger partial charge in [-0.25, -0.2) is 0 Å². The summed E-state index contributed by atoms with van der Waals surface area (Å²) in [6.45, 7) is 5.20. The molecule has 0 aliphatic carbocycles. The van der Waals surface area contributed by atoms with Crippen molar-refractivity contribution in [1.29, 1.82) is 0 Å². The Bertz CT molecular complexity index is 228. The van der Waals surface area contributed by atoms with Crippen LogP contribution in [0, 0.1) is 0 Å². The first-order chi connectivity index (χ1) is 7.90. The molecule has 2 saturated heterocycles. The number of rotatable bonds is 3. The molecule has 0 radical (unpaired) electrons. The Kier molecular flexibility index (Phi) is 4.76. The molecule has 2 heterocycles. The molecular weight excluding hydrogens is 212 g/mol. The molecular formula is C13H26N2Si. The van der Waals surface area contributed by atoms with Crippen LogP contribution in [0.1, 0.15) is 38.5 Å². The van der Waals surface area contributed by atoms with E-state index in [-0.39, 0.29) is 0 Å². The molecule has 16 heavy (non-hydrogen) atoms. The molecule has 92 valence electrons. The summed E-state index contributed by atoms with van der Waals surface area (Å²) in [7, 11) is 1.30. The molecule has 0 aromatic heterocycles. The van der Waals surface area contributed by atoms with Crippen LogP contribution in [0.15, 0.2) is 11.9 Å². The van der Waals surface area contributed by atoms with Gasteiger partial charge >= 0.3 is 0 Å². The Morgan fingerprint density at radius 1 is 0.875 bits per heavy atom. The molecule has 2 rings (SSSR count). The highest BCUT2D eigenvalue weighted by Crippen LogP contribution is 2.18. The minimum Gasteiger partial charge on any atom is -0.376 e. The lowest BCUT2D eigenvalue weighted by Crippen LogP contribution is -2.32. The predicted octanol–water partition coefficient (Wildman–Crippen LogP) is 1.58. The third-order valence-corrected chi connectivity index (χ3v) is 4.57. The second-order valence-electron chi connectivity index (χ2n) is 5.12. The van der Waals surface area contributed by atoms with Crippen molar-refractivity contribution in [3.8, 4) is 0 Å². The summed E-state index contributed by atoms with van der Waals surface area (Å²) in [6, 6.07) is 1.33. The monoisotopic (exact) mass is 238 g/mol. The summed E-state index contributed by atoms with van der Waals surface area (Å²) in [4.78, 5) is 5.20. The Morgan fingerprint density at radius 2 is 1.44 bits per heavy atom. The molecule has 0 spiro atoms. The first-order valence-corrected chi connectivity index (χ1v) is 8.51. The number of nitrogens with zero attached hydrogens (tertiary/aromatic N) is 2. The summed E-state index contributed by atoms with van der Waals surface area (Å²) >= 11 is 0. The van der Waals surface area contributed by atoms with E-state index in [1.807, 2.05) is 0 Å². The van der Waals surface area contributed by atoms with Crippen molar-refractivity contribution in [2.24, 2.45) is 0 Å². The largest absolute Gasteiger partial charge is 0.376 e. The van der Waals surface area contributed by atoms with Gasteiger partial charge in [-0.05, 0) is 44.6 Å². The van der Waals surface area contributed by atoms with Crippen molar-refractivity contribution < 1.29 is 0 Å². The van der Waals surface area contributed by atoms with Crippen LogP contribution in [0.3, 0.4) is 0 Å². The van der Waals surface area contributed by atoms with E-state index in [1.54, 1.807) is 5.70 Å².